The van der Waals surface area contributed by atoms with E-state index < -0.39 is 0 Å². The quantitative estimate of drug-likeness (QED) is 0.707. The van der Waals surface area contributed by atoms with Gasteiger partial charge in [0.2, 0.25) is 0 Å². The summed E-state index contributed by atoms with van der Waals surface area (Å²) in [7, 11) is 3.97. The largest absolute Gasteiger partial charge is 0.376 e. The minimum absolute atomic E-state index is 0.265. The summed E-state index contributed by atoms with van der Waals surface area (Å²) in [5.74, 6) is 0.453. The summed E-state index contributed by atoms with van der Waals surface area (Å²) in [6.45, 7) is 0. The van der Waals surface area contributed by atoms with Crippen LogP contribution in [0.2, 0.25) is 0 Å². The van der Waals surface area contributed by atoms with Crippen LogP contribution in [0.1, 0.15) is 0 Å². The molecule has 5 heteroatoms. The van der Waals surface area contributed by atoms with Crippen molar-refractivity contribution < 1.29 is 4.39 Å². The molecule has 0 amide bonds. The molecule has 0 radical (unpaired) electrons. The van der Waals surface area contributed by atoms with Crippen LogP contribution < -0.4 is 4.90 Å². The fourth-order valence-corrected chi connectivity index (χ4v) is 2.83. The first-order chi connectivity index (χ1) is 9.58. The Bertz CT molecular complexity index is 780. The third kappa shape index (κ3) is 2.08. The molecule has 0 saturated carbocycles. The van der Waals surface area contributed by atoms with Crippen molar-refractivity contribution in [1.29, 1.82) is 0 Å². The molecule has 0 aliphatic heterocycles. The number of hydrogen-bond donors (Lipinski definition) is 0. The van der Waals surface area contributed by atoms with Crippen LogP contribution in [0.15, 0.2) is 47.2 Å². The van der Waals surface area contributed by atoms with Gasteiger partial charge in [-0.25, -0.2) is 9.37 Å². The fourth-order valence-electron chi connectivity index (χ4n) is 2.27. The molecule has 3 aromatic rings. The van der Waals surface area contributed by atoms with Crippen molar-refractivity contribution in [2.75, 3.05) is 19.0 Å². The third-order valence-electron chi connectivity index (χ3n) is 3.17. The lowest BCUT2D eigenvalue weighted by molar-refractivity contribution is 0.628. The van der Waals surface area contributed by atoms with Gasteiger partial charge in [-0.2, -0.15) is 0 Å². The number of halogens is 2. The Hall–Kier alpha value is -1.88. The Morgan fingerprint density at radius 1 is 1.20 bits per heavy atom. The summed E-state index contributed by atoms with van der Waals surface area (Å²) in [4.78, 5) is 6.56. The first kappa shape index (κ1) is 13.1. The zero-order valence-corrected chi connectivity index (χ0v) is 12.7. The number of nitrogens with zero attached hydrogens (tertiary/aromatic N) is 3. The van der Waals surface area contributed by atoms with Crippen LogP contribution in [0.25, 0.3) is 16.9 Å². The van der Waals surface area contributed by atoms with Gasteiger partial charge in [-0.3, -0.25) is 4.40 Å². The summed E-state index contributed by atoms with van der Waals surface area (Å²) in [5, 5.41) is 0. The molecular formula is C15H13BrFN3. The molecule has 0 aliphatic carbocycles. The topological polar surface area (TPSA) is 20.5 Å². The molecule has 0 aliphatic rings. The normalized spacial score (nSPS) is 11.0. The molecule has 0 atom stereocenters. The summed E-state index contributed by atoms with van der Waals surface area (Å²) in [5.41, 5.74) is 2.77. The molecule has 0 unspecified atom stereocenters. The van der Waals surface area contributed by atoms with Crippen molar-refractivity contribution in [2.24, 2.45) is 0 Å². The first-order valence-corrected chi connectivity index (χ1v) is 6.97. The Morgan fingerprint density at radius 3 is 2.70 bits per heavy atom. The summed E-state index contributed by atoms with van der Waals surface area (Å²) < 4.78 is 16.1. The van der Waals surface area contributed by atoms with E-state index >= 15 is 0 Å². The molecule has 2 heterocycles. The highest BCUT2D eigenvalue weighted by Gasteiger charge is 2.15. The molecular weight excluding hydrogens is 321 g/mol. The Balaban J connectivity index is 2.31. The standard InChI is InChI=1S/C15H13BrFN3/c1-19(2)12-7-4-8-20-13(12)14(16)18-15(20)10-5-3-6-11(17)9-10/h3-9H,1-2H3. The van der Waals surface area contributed by atoms with E-state index in [0.29, 0.717) is 0 Å². The van der Waals surface area contributed by atoms with Crippen molar-refractivity contribution in [3.63, 3.8) is 0 Å². The van der Waals surface area contributed by atoms with E-state index in [1.807, 2.05) is 47.8 Å². The molecule has 2 aromatic heterocycles. The van der Waals surface area contributed by atoms with Crippen LogP contribution in [-0.2, 0) is 0 Å². The number of fused-ring (bicyclic) bond motifs is 1. The van der Waals surface area contributed by atoms with Crippen molar-refractivity contribution in [2.45, 2.75) is 0 Å². The second kappa shape index (κ2) is 4.90. The van der Waals surface area contributed by atoms with Gasteiger partial charge in [0.25, 0.3) is 0 Å². The number of hydrogen-bond acceptors (Lipinski definition) is 2. The smallest absolute Gasteiger partial charge is 0.146 e. The lowest BCUT2D eigenvalue weighted by Gasteiger charge is -2.14. The van der Waals surface area contributed by atoms with Crippen molar-refractivity contribution in [3.8, 4) is 11.4 Å². The van der Waals surface area contributed by atoms with Gasteiger partial charge in [-0.1, -0.05) is 12.1 Å². The van der Waals surface area contributed by atoms with E-state index in [9.17, 15) is 4.39 Å². The molecule has 3 nitrogen and oxygen atoms in total. The van der Waals surface area contributed by atoms with E-state index in [2.05, 4.69) is 20.9 Å². The summed E-state index contributed by atoms with van der Waals surface area (Å²) >= 11 is 3.50. The maximum absolute atomic E-state index is 13.4. The Labute approximate surface area is 124 Å². The van der Waals surface area contributed by atoms with E-state index in [4.69, 9.17) is 0 Å². The Morgan fingerprint density at radius 2 is 2.00 bits per heavy atom. The molecule has 3 rings (SSSR count). The van der Waals surface area contributed by atoms with Crippen molar-refractivity contribution in [1.82, 2.24) is 9.38 Å². The average Bonchev–Trinajstić information content (AvgIpc) is 2.76. The fraction of sp³-hybridized carbons (Fsp3) is 0.133. The van der Waals surface area contributed by atoms with Crippen LogP contribution >= 0.6 is 15.9 Å². The summed E-state index contributed by atoms with van der Waals surface area (Å²) in [6, 6.07) is 10.4. The first-order valence-electron chi connectivity index (χ1n) is 6.18. The highest BCUT2D eigenvalue weighted by molar-refractivity contribution is 9.10. The monoisotopic (exact) mass is 333 g/mol. The average molecular weight is 334 g/mol. The van der Waals surface area contributed by atoms with Crippen LogP contribution in [0.4, 0.5) is 10.1 Å². The number of imidazole rings is 1. The lowest BCUT2D eigenvalue weighted by Crippen LogP contribution is -2.09. The molecule has 0 saturated heterocycles. The number of rotatable bonds is 2. The maximum atomic E-state index is 13.4. The molecule has 1 aromatic carbocycles. The minimum atomic E-state index is -0.265. The van der Waals surface area contributed by atoms with E-state index in [1.165, 1.54) is 12.1 Å². The van der Waals surface area contributed by atoms with E-state index in [1.54, 1.807) is 6.07 Å². The van der Waals surface area contributed by atoms with Crippen LogP contribution in [0.5, 0.6) is 0 Å². The molecule has 0 bridgehead atoms. The van der Waals surface area contributed by atoms with Gasteiger partial charge in [-0.15, -0.1) is 0 Å². The number of pyridine rings is 1. The van der Waals surface area contributed by atoms with Crippen molar-refractivity contribution >= 4 is 27.1 Å². The van der Waals surface area contributed by atoms with Gasteiger partial charge >= 0.3 is 0 Å². The molecule has 20 heavy (non-hydrogen) atoms. The predicted molar refractivity (Wildman–Crippen MR) is 82.6 cm³/mol. The minimum Gasteiger partial charge on any atom is -0.376 e. The molecule has 102 valence electrons. The summed E-state index contributed by atoms with van der Waals surface area (Å²) in [6.07, 6.45) is 1.93. The number of benzene rings is 1. The van der Waals surface area contributed by atoms with E-state index in [-0.39, 0.29) is 5.82 Å². The zero-order valence-electron chi connectivity index (χ0n) is 11.1. The zero-order chi connectivity index (χ0) is 14.3. The van der Waals surface area contributed by atoms with Gasteiger partial charge in [0.1, 0.15) is 21.8 Å². The maximum Gasteiger partial charge on any atom is 0.146 e. The van der Waals surface area contributed by atoms with Gasteiger partial charge in [0.15, 0.2) is 0 Å². The second-order valence-corrected chi connectivity index (χ2v) is 5.49. The van der Waals surface area contributed by atoms with Gasteiger partial charge < -0.3 is 4.90 Å². The predicted octanol–water partition coefficient (Wildman–Crippen LogP) is 3.97. The van der Waals surface area contributed by atoms with Crippen LogP contribution in [0.3, 0.4) is 0 Å². The number of aromatic nitrogens is 2. The highest BCUT2D eigenvalue weighted by atomic mass is 79.9. The highest BCUT2D eigenvalue weighted by Crippen LogP contribution is 2.32. The SMILES string of the molecule is CN(C)c1cccn2c(-c3cccc(F)c3)nc(Br)c12. The van der Waals surface area contributed by atoms with Crippen LogP contribution in [0, 0.1) is 5.82 Å². The Kier molecular flexibility index (Phi) is 3.22. The second-order valence-electron chi connectivity index (χ2n) is 4.74. The lowest BCUT2D eigenvalue weighted by atomic mass is 10.2. The third-order valence-corrected chi connectivity index (χ3v) is 3.72. The molecule has 0 fully saturated rings. The van der Waals surface area contributed by atoms with Crippen molar-refractivity contribution in [3.05, 3.63) is 53.0 Å². The number of anilines is 1. The van der Waals surface area contributed by atoms with Gasteiger partial charge in [0, 0.05) is 25.9 Å². The van der Waals surface area contributed by atoms with Gasteiger partial charge in [0.05, 0.1) is 5.69 Å². The van der Waals surface area contributed by atoms with Crippen LogP contribution in [-0.4, -0.2) is 23.5 Å². The van der Waals surface area contributed by atoms with Gasteiger partial charge in [-0.05, 0) is 40.2 Å². The van der Waals surface area contributed by atoms with E-state index in [0.717, 1.165) is 27.2 Å². The molecule has 0 spiro atoms. The molecule has 0 N–H and O–H groups in total.